The Hall–Kier alpha value is -2.49. The first kappa shape index (κ1) is 11.6. The van der Waals surface area contributed by atoms with Crippen molar-refractivity contribution in [3.63, 3.8) is 0 Å². The van der Waals surface area contributed by atoms with Gasteiger partial charge >= 0.3 is 5.97 Å². The predicted molar refractivity (Wildman–Crippen MR) is 75.3 cm³/mol. The fraction of sp³-hybridized carbons (Fsp3) is 0.133. The smallest absolute Gasteiger partial charge is 0.335 e. The fourth-order valence-electron chi connectivity index (χ4n) is 2.33. The molecule has 0 fully saturated rings. The second kappa shape index (κ2) is 4.65. The fourth-order valence-corrected chi connectivity index (χ4v) is 2.33. The summed E-state index contributed by atoms with van der Waals surface area (Å²) < 4.78 is 0. The number of fused-ring (bicyclic) bond motifs is 1. The van der Waals surface area contributed by atoms with E-state index in [0.717, 1.165) is 30.2 Å². The first-order chi connectivity index (χ1) is 9.25. The van der Waals surface area contributed by atoms with E-state index in [4.69, 9.17) is 5.11 Å². The molecule has 0 aromatic heterocycles. The molecule has 2 N–H and O–H groups in total. The average Bonchev–Trinajstić information content (AvgIpc) is 2.47. The van der Waals surface area contributed by atoms with Gasteiger partial charge in [-0.25, -0.2) is 4.79 Å². The van der Waals surface area contributed by atoms with Gasteiger partial charge in [0.1, 0.15) is 0 Å². The van der Waals surface area contributed by atoms with Gasteiger partial charge < -0.3 is 15.3 Å². The molecule has 0 spiro atoms. The number of para-hydroxylation sites is 2. The Morgan fingerprint density at radius 2 is 1.84 bits per heavy atom. The summed E-state index contributed by atoms with van der Waals surface area (Å²) in [5.74, 6) is -0.896. The quantitative estimate of drug-likeness (QED) is 0.865. The number of benzene rings is 2. The van der Waals surface area contributed by atoms with Crippen LogP contribution in [-0.4, -0.2) is 24.2 Å². The number of anilines is 3. The summed E-state index contributed by atoms with van der Waals surface area (Å²) in [6, 6.07) is 15.1. The summed E-state index contributed by atoms with van der Waals surface area (Å²) in [5, 5.41) is 12.3. The van der Waals surface area contributed by atoms with Gasteiger partial charge in [-0.2, -0.15) is 0 Å². The molecule has 4 heteroatoms. The molecule has 0 amide bonds. The lowest BCUT2D eigenvalue weighted by Gasteiger charge is -2.32. The highest BCUT2D eigenvalue weighted by Gasteiger charge is 2.17. The van der Waals surface area contributed by atoms with Crippen LogP contribution in [0.4, 0.5) is 17.1 Å². The number of carbonyl (C=O) groups is 1. The van der Waals surface area contributed by atoms with Crippen molar-refractivity contribution in [2.75, 3.05) is 23.3 Å². The zero-order chi connectivity index (χ0) is 13.2. The van der Waals surface area contributed by atoms with E-state index < -0.39 is 5.97 Å². The van der Waals surface area contributed by atoms with Crippen LogP contribution in [0.15, 0.2) is 48.5 Å². The molecule has 2 aromatic carbocycles. The topological polar surface area (TPSA) is 52.6 Å². The van der Waals surface area contributed by atoms with E-state index in [1.165, 1.54) is 0 Å². The third kappa shape index (κ3) is 2.12. The summed E-state index contributed by atoms with van der Waals surface area (Å²) in [6.07, 6.45) is 0. The largest absolute Gasteiger partial charge is 0.478 e. The maximum absolute atomic E-state index is 10.9. The molecule has 0 atom stereocenters. The Labute approximate surface area is 111 Å². The van der Waals surface area contributed by atoms with Gasteiger partial charge in [-0.1, -0.05) is 12.1 Å². The first-order valence-corrected chi connectivity index (χ1v) is 6.19. The van der Waals surface area contributed by atoms with Gasteiger partial charge in [-0.3, -0.25) is 0 Å². The second-order valence-corrected chi connectivity index (χ2v) is 4.45. The van der Waals surface area contributed by atoms with E-state index in [9.17, 15) is 4.79 Å². The summed E-state index contributed by atoms with van der Waals surface area (Å²) >= 11 is 0. The lowest BCUT2D eigenvalue weighted by molar-refractivity contribution is 0.0697. The lowest BCUT2D eigenvalue weighted by atomic mass is 10.1. The summed E-state index contributed by atoms with van der Waals surface area (Å²) in [6.45, 7) is 1.74. The average molecular weight is 254 g/mol. The van der Waals surface area contributed by atoms with Gasteiger partial charge in [0.2, 0.25) is 0 Å². The second-order valence-electron chi connectivity index (χ2n) is 4.45. The number of rotatable bonds is 2. The van der Waals surface area contributed by atoms with E-state index in [2.05, 4.69) is 16.3 Å². The Kier molecular flexibility index (Phi) is 2.83. The lowest BCUT2D eigenvalue weighted by Crippen LogP contribution is -2.29. The molecule has 96 valence electrons. The minimum atomic E-state index is -0.896. The first-order valence-electron chi connectivity index (χ1n) is 6.19. The van der Waals surface area contributed by atoms with Crippen LogP contribution in [0, 0.1) is 0 Å². The van der Waals surface area contributed by atoms with Crippen molar-refractivity contribution in [3.05, 3.63) is 54.1 Å². The molecule has 0 saturated carbocycles. The van der Waals surface area contributed by atoms with Gasteiger partial charge in [0.15, 0.2) is 0 Å². The minimum Gasteiger partial charge on any atom is -0.478 e. The Bertz CT molecular complexity index is 608. The van der Waals surface area contributed by atoms with E-state index in [1.54, 1.807) is 12.1 Å². The van der Waals surface area contributed by atoms with Crippen LogP contribution in [0.2, 0.25) is 0 Å². The molecule has 1 heterocycles. The van der Waals surface area contributed by atoms with Crippen LogP contribution in [0.1, 0.15) is 10.4 Å². The van der Waals surface area contributed by atoms with Gasteiger partial charge in [-0.05, 0) is 36.4 Å². The molecule has 0 aliphatic carbocycles. The van der Waals surface area contributed by atoms with E-state index >= 15 is 0 Å². The highest BCUT2D eigenvalue weighted by Crippen LogP contribution is 2.34. The van der Waals surface area contributed by atoms with Crippen molar-refractivity contribution in [3.8, 4) is 0 Å². The number of hydrogen-bond acceptors (Lipinski definition) is 3. The van der Waals surface area contributed by atoms with Crippen LogP contribution in [0.25, 0.3) is 0 Å². The van der Waals surface area contributed by atoms with Crippen LogP contribution >= 0.6 is 0 Å². The molecule has 1 aliphatic heterocycles. The Balaban J connectivity index is 1.97. The zero-order valence-corrected chi connectivity index (χ0v) is 10.3. The van der Waals surface area contributed by atoms with E-state index in [1.807, 2.05) is 30.3 Å². The van der Waals surface area contributed by atoms with Gasteiger partial charge in [-0.15, -0.1) is 0 Å². The Morgan fingerprint density at radius 3 is 2.58 bits per heavy atom. The van der Waals surface area contributed by atoms with Crippen LogP contribution in [-0.2, 0) is 0 Å². The number of carboxylic acids is 1. The third-order valence-electron chi connectivity index (χ3n) is 3.27. The van der Waals surface area contributed by atoms with Crippen LogP contribution in [0.3, 0.4) is 0 Å². The van der Waals surface area contributed by atoms with E-state index in [-0.39, 0.29) is 0 Å². The highest BCUT2D eigenvalue weighted by molar-refractivity contribution is 5.88. The molecule has 3 rings (SSSR count). The van der Waals surface area contributed by atoms with Gasteiger partial charge in [0, 0.05) is 18.8 Å². The van der Waals surface area contributed by atoms with Crippen molar-refractivity contribution in [1.29, 1.82) is 0 Å². The molecule has 4 nitrogen and oxygen atoms in total. The van der Waals surface area contributed by atoms with Crippen LogP contribution in [0.5, 0.6) is 0 Å². The third-order valence-corrected chi connectivity index (χ3v) is 3.27. The number of hydrogen-bond donors (Lipinski definition) is 2. The number of aromatic carboxylic acids is 1. The van der Waals surface area contributed by atoms with Crippen molar-refractivity contribution in [2.45, 2.75) is 0 Å². The molecular formula is C15H14N2O2. The predicted octanol–water partition coefficient (Wildman–Crippen LogP) is 2.95. The van der Waals surface area contributed by atoms with Crippen molar-refractivity contribution >= 4 is 23.0 Å². The summed E-state index contributed by atoms with van der Waals surface area (Å²) in [7, 11) is 0. The molecule has 0 saturated heterocycles. The Morgan fingerprint density at radius 1 is 1.11 bits per heavy atom. The standard InChI is InChI=1S/C15H14N2O2/c18-15(19)11-5-7-12(8-6-11)17-10-9-16-13-3-1-2-4-14(13)17/h1-8,16H,9-10H2,(H,18,19). The van der Waals surface area contributed by atoms with E-state index in [0.29, 0.717) is 5.56 Å². The van der Waals surface area contributed by atoms with Crippen molar-refractivity contribution in [1.82, 2.24) is 0 Å². The molecule has 0 radical (unpaired) electrons. The molecule has 0 unspecified atom stereocenters. The maximum Gasteiger partial charge on any atom is 0.335 e. The molecule has 1 aliphatic rings. The number of carboxylic acid groups (broad SMARTS) is 1. The highest BCUT2D eigenvalue weighted by atomic mass is 16.4. The monoisotopic (exact) mass is 254 g/mol. The molecule has 2 aromatic rings. The van der Waals surface area contributed by atoms with Crippen molar-refractivity contribution < 1.29 is 9.90 Å². The summed E-state index contributed by atoms with van der Waals surface area (Å²) in [4.78, 5) is 13.1. The van der Waals surface area contributed by atoms with Crippen molar-refractivity contribution in [2.24, 2.45) is 0 Å². The molecule has 0 bridgehead atoms. The maximum atomic E-state index is 10.9. The molecule has 19 heavy (non-hydrogen) atoms. The minimum absolute atomic E-state index is 0.312. The SMILES string of the molecule is O=C(O)c1ccc(N2CCNc3ccccc32)cc1. The number of nitrogens with one attached hydrogen (secondary N) is 1. The summed E-state index contributed by atoms with van der Waals surface area (Å²) in [5.41, 5.74) is 3.55. The van der Waals surface area contributed by atoms with Crippen LogP contribution < -0.4 is 10.2 Å². The normalized spacial score (nSPS) is 13.6. The van der Waals surface area contributed by atoms with Gasteiger partial charge in [0.25, 0.3) is 0 Å². The number of nitrogens with zero attached hydrogens (tertiary/aromatic N) is 1. The van der Waals surface area contributed by atoms with Gasteiger partial charge in [0.05, 0.1) is 16.9 Å². The molecular weight excluding hydrogens is 240 g/mol. The zero-order valence-electron chi connectivity index (χ0n) is 10.3.